The number of carbonyl (C=O) groups is 1. The number of aromatic nitrogens is 2. The number of hydrogen-bond donors (Lipinski definition) is 0. The Bertz CT molecular complexity index is 1370. The first-order valence-corrected chi connectivity index (χ1v) is 15.0. The molecule has 7 heteroatoms. The lowest BCUT2D eigenvalue weighted by atomic mass is 9.94. The van der Waals surface area contributed by atoms with E-state index in [4.69, 9.17) is 9.72 Å². The van der Waals surface area contributed by atoms with Crippen molar-refractivity contribution in [2.75, 3.05) is 64.4 Å². The molecule has 3 aromatic carbocycles. The van der Waals surface area contributed by atoms with Gasteiger partial charge in [-0.05, 0) is 62.7 Å². The Morgan fingerprint density at radius 2 is 1.63 bits per heavy atom. The second-order valence-corrected chi connectivity index (χ2v) is 10.9. The maximum Gasteiger partial charge on any atom is 0.253 e. The van der Waals surface area contributed by atoms with E-state index < -0.39 is 0 Å². The molecule has 0 saturated carbocycles. The predicted molar refractivity (Wildman–Crippen MR) is 167 cm³/mol. The number of benzene rings is 3. The molecule has 216 valence electrons. The van der Waals surface area contributed by atoms with Crippen LogP contribution >= 0.6 is 0 Å². The van der Waals surface area contributed by atoms with Gasteiger partial charge < -0.3 is 24.0 Å². The van der Waals surface area contributed by atoms with E-state index in [-0.39, 0.29) is 11.8 Å². The summed E-state index contributed by atoms with van der Waals surface area (Å²) in [5.74, 6) is 1.40. The van der Waals surface area contributed by atoms with Crippen LogP contribution in [0.3, 0.4) is 0 Å². The monoisotopic (exact) mass is 553 g/mol. The molecule has 0 bridgehead atoms. The molecule has 7 nitrogen and oxygen atoms in total. The van der Waals surface area contributed by atoms with Gasteiger partial charge in [0.25, 0.3) is 5.91 Å². The third kappa shape index (κ3) is 7.34. The molecular formula is C34H43N5O2. The molecule has 4 aromatic rings. The largest absolute Gasteiger partial charge is 0.380 e. The van der Waals surface area contributed by atoms with Crippen molar-refractivity contribution in [1.82, 2.24) is 19.4 Å². The van der Waals surface area contributed by atoms with Gasteiger partial charge in [-0.2, -0.15) is 0 Å². The van der Waals surface area contributed by atoms with E-state index in [9.17, 15) is 4.79 Å². The van der Waals surface area contributed by atoms with E-state index >= 15 is 0 Å². The Hall–Kier alpha value is -3.68. The first kappa shape index (κ1) is 28.8. The van der Waals surface area contributed by atoms with E-state index in [0.717, 1.165) is 75.7 Å². The minimum Gasteiger partial charge on any atom is -0.380 e. The van der Waals surface area contributed by atoms with Crippen LogP contribution in [0.15, 0.2) is 84.9 Å². The summed E-state index contributed by atoms with van der Waals surface area (Å²) in [5, 5.41) is 0. The quantitative estimate of drug-likeness (QED) is 0.216. The molecule has 41 heavy (non-hydrogen) atoms. The molecular weight excluding hydrogens is 510 g/mol. The van der Waals surface area contributed by atoms with E-state index in [1.807, 2.05) is 49.2 Å². The van der Waals surface area contributed by atoms with Crippen molar-refractivity contribution in [1.29, 1.82) is 0 Å². The highest BCUT2D eigenvalue weighted by Gasteiger charge is 2.23. The highest BCUT2D eigenvalue weighted by atomic mass is 16.5. The molecule has 2 heterocycles. The van der Waals surface area contributed by atoms with Crippen LogP contribution in [0, 0.1) is 0 Å². The predicted octanol–water partition coefficient (Wildman–Crippen LogP) is 5.53. The second-order valence-electron chi connectivity index (χ2n) is 10.9. The molecule has 1 amide bonds. The summed E-state index contributed by atoms with van der Waals surface area (Å²) in [6.45, 7) is 9.95. The Kier molecular flexibility index (Phi) is 10.0. The zero-order valence-corrected chi connectivity index (χ0v) is 24.5. The molecule has 1 atom stereocenters. The van der Waals surface area contributed by atoms with Crippen LogP contribution in [0.1, 0.15) is 41.6 Å². The van der Waals surface area contributed by atoms with E-state index in [0.29, 0.717) is 13.2 Å². The fourth-order valence-electron chi connectivity index (χ4n) is 5.86. The number of likely N-dealkylation sites (N-methyl/N-ethyl adjacent to an activating group) is 1. The summed E-state index contributed by atoms with van der Waals surface area (Å²) < 4.78 is 8.02. The first-order valence-electron chi connectivity index (χ1n) is 15.0. The molecule has 5 rings (SSSR count). The molecule has 1 aliphatic rings. The number of rotatable bonds is 12. The van der Waals surface area contributed by atoms with Gasteiger partial charge >= 0.3 is 0 Å². The Balaban J connectivity index is 1.24. The highest BCUT2D eigenvalue weighted by Crippen LogP contribution is 2.25. The van der Waals surface area contributed by atoms with Crippen molar-refractivity contribution in [2.45, 2.75) is 32.2 Å². The molecule has 0 spiro atoms. The summed E-state index contributed by atoms with van der Waals surface area (Å²) in [7, 11) is 1.92. The van der Waals surface area contributed by atoms with Gasteiger partial charge in [0.15, 0.2) is 0 Å². The van der Waals surface area contributed by atoms with Crippen molar-refractivity contribution in [3.63, 3.8) is 0 Å². The number of anilines is 1. The van der Waals surface area contributed by atoms with Crippen molar-refractivity contribution in [3.8, 4) is 0 Å². The second kappa shape index (κ2) is 14.3. The van der Waals surface area contributed by atoms with Crippen molar-refractivity contribution < 1.29 is 9.53 Å². The number of para-hydroxylation sites is 2. The normalized spacial score (nSPS) is 15.1. The van der Waals surface area contributed by atoms with Gasteiger partial charge in [-0.25, -0.2) is 4.98 Å². The van der Waals surface area contributed by atoms with Gasteiger partial charge in [0.05, 0.1) is 17.6 Å². The summed E-state index contributed by atoms with van der Waals surface area (Å²) >= 11 is 0. The van der Waals surface area contributed by atoms with Crippen molar-refractivity contribution in [2.24, 2.45) is 0 Å². The van der Waals surface area contributed by atoms with Crippen LogP contribution in [-0.4, -0.2) is 84.8 Å². The molecule has 0 unspecified atom stereocenters. The first-order chi connectivity index (χ1) is 20.1. The number of amides is 1. The Morgan fingerprint density at radius 1 is 0.902 bits per heavy atom. The van der Waals surface area contributed by atoms with Crippen LogP contribution in [0.5, 0.6) is 0 Å². The SMILES string of the molecule is CCOCCn1c(N2CCCN(CC[C@@H](CN(C)C(=O)c3ccccc3)c3ccccc3)CC2)nc2ccccc21. The van der Waals surface area contributed by atoms with Crippen LogP contribution in [0.4, 0.5) is 5.95 Å². The van der Waals surface area contributed by atoms with Gasteiger partial charge in [-0.3, -0.25) is 4.79 Å². The molecule has 0 N–H and O–H groups in total. The smallest absolute Gasteiger partial charge is 0.253 e. The van der Waals surface area contributed by atoms with Gasteiger partial charge in [0.2, 0.25) is 5.95 Å². The lowest BCUT2D eigenvalue weighted by Gasteiger charge is -2.28. The molecule has 1 saturated heterocycles. The molecule has 0 radical (unpaired) electrons. The van der Waals surface area contributed by atoms with Crippen LogP contribution in [0.2, 0.25) is 0 Å². The van der Waals surface area contributed by atoms with Crippen LogP contribution < -0.4 is 4.90 Å². The molecule has 0 aliphatic carbocycles. The van der Waals surface area contributed by atoms with E-state index in [1.54, 1.807) is 0 Å². The van der Waals surface area contributed by atoms with E-state index in [2.05, 4.69) is 69.0 Å². The van der Waals surface area contributed by atoms with Gasteiger partial charge in [-0.15, -0.1) is 0 Å². The van der Waals surface area contributed by atoms with Crippen molar-refractivity contribution >= 4 is 22.9 Å². The molecule has 1 fully saturated rings. The molecule has 1 aromatic heterocycles. The van der Waals surface area contributed by atoms with Gasteiger partial charge in [0.1, 0.15) is 0 Å². The minimum atomic E-state index is 0.0733. The number of ether oxygens (including phenoxy) is 1. The number of imidazole rings is 1. The average molecular weight is 554 g/mol. The Labute approximate surface area is 244 Å². The summed E-state index contributed by atoms with van der Waals surface area (Å²) in [6.07, 6.45) is 2.10. The lowest BCUT2D eigenvalue weighted by molar-refractivity contribution is 0.0782. The number of fused-ring (bicyclic) bond motifs is 1. The van der Waals surface area contributed by atoms with Gasteiger partial charge in [0, 0.05) is 57.9 Å². The molecule has 1 aliphatic heterocycles. The average Bonchev–Trinajstić information content (AvgIpc) is 3.21. The topological polar surface area (TPSA) is 53.8 Å². The number of nitrogens with zero attached hydrogens (tertiary/aromatic N) is 5. The summed E-state index contributed by atoms with van der Waals surface area (Å²) in [6, 6.07) is 28.6. The van der Waals surface area contributed by atoms with E-state index in [1.165, 1.54) is 11.1 Å². The maximum absolute atomic E-state index is 13.1. The number of carbonyl (C=O) groups excluding carboxylic acids is 1. The standard InChI is InChI=1S/C34H43N5O2/c1-3-41-26-25-39-32-18-11-10-17-31(32)35-34(39)38-21-12-20-37(23-24-38)22-19-30(28-13-6-4-7-14-28)27-36(2)33(40)29-15-8-5-9-16-29/h4-11,13-18,30H,3,12,19-27H2,1-2H3/t30-/m0/s1. The van der Waals surface area contributed by atoms with Crippen molar-refractivity contribution in [3.05, 3.63) is 96.1 Å². The minimum absolute atomic E-state index is 0.0733. The Morgan fingerprint density at radius 3 is 2.41 bits per heavy atom. The van der Waals surface area contributed by atoms with Crippen LogP contribution in [0.25, 0.3) is 11.0 Å². The van der Waals surface area contributed by atoms with Gasteiger partial charge in [-0.1, -0.05) is 60.7 Å². The zero-order chi connectivity index (χ0) is 28.4. The fraction of sp³-hybridized carbons (Fsp3) is 0.412. The summed E-state index contributed by atoms with van der Waals surface area (Å²) in [5.41, 5.74) is 4.24. The zero-order valence-electron chi connectivity index (χ0n) is 24.5. The highest BCUT2D eigenvalue weighted by molar-refractivity contribution is 5.94. The third-order valence-corrected chi connectivity index (χ3v) is 8.10. The maximum atomic E-state index is 13.1. The fourth-order valence-corrected chi connectivity index (χ4v) is 5.86. The summed E-state index contributed by atoms with van der Waals surface area (Å²) in [4.78, 5) is 25.1. The third-order valence-electron chi connectivity index (χ3n) is 8.10. The number of hydrogen-bond acceptors (Lipinski definition) is 5. The van der Waals surface area contributed by atoms with Crippen LogP contribution in [-0.2, 0) is 11.3 Å². The lowest BCUT2D eigenvalue weighted by Crippen LogP contribution is -2.35.